The van der Waals surface area contributed by atoms with Crippen LogP contribution in [0.25, 0.3) is 0 Å². The Kier molecular flexibility index (Phi) is 4.88. The Morgan fingerprint density at radius 1 is 1.18 bits per heavy atom. The van der Waals surface area contributed by atoms with Gasteiger partial charge in [-0.1, -0.05) is 19.3 Å². The van der Waals surface area contributed by atoms with Crippen molar-refractivity contribution < 1.29 is 28.2 Å². The normalized spacial score (nSPS) is 17.3. The highest BCUT2D eigenvalue weighted by atomic mass is 19.3. The van der Waals surface area contributed by atoms with E-state index >= 15 is 0 Å². The molecule has 22 heavy (non-hydrogen) atoms. The molecule has 6 heteroatoms. The number of halogens is 2. The van der Waals surface area contributed by atoms with E-state index in [4.69, 9.17) is 9.47 Å². The number of carbonyl (C=O) groups is 1. The third kappa shape index (κ3) is 2.74. The van der Waals surface area contributed by atoms with E-state index in [2.05, 4.69) is 0 Å². The first kappa shape index (κ1) is 16.5. The Bertz CT molecular complexity index is 551. The molecule has 122 valence electrons. The van der Waals surface area contributed by atoms with Gasteiger partial charge in [0.05, 0.1) is 19.6 Å². The summed E-state index contributed by atoms with van der Waals surface area (Å²) in [7, 11) is 2.74. The van der Waals surface area contributed by atoms with E-state index in [0.717, 1.165) is 19.3 Å². The minimum absolute atomic E-state index is 0.140. The second-order valence-corrected chi connectivity index (χ2v) is 5.55. The highest BCUT2D eigenvalue weighted by Crippen LogP contribution is 2.48. The Morgan fingerprint density at radius 2 is 1.82 bits per heavy atom. The van der Waals surface area contributed by atoms with Gasteiger partial charge in [0.2, 0.25) is 0 Å². The number of alkyl halides is 2. The van der Waals surface area contributed by atoms with Crippen molar-refractivity contribution in [3.8, 4) is 11.5 Å². The Balaban J connectivity index is 2.69. The molecule has 0 atom stereocenters. The Morgan fingerprint density at radius 3 is 2.27 bits per heavy atom. The third-order valence-corrected chi connectivity index (χ3v) is 4.39. The lowest BCUT2D eigenvalue weighted by atomic mass is 9.68. The summed E-state index contributed by atoms with van der Waals surface area (Å²) in [6.07, 6.45) is 0.562. The van der Waals surface area contributed by atoms with Crippen LogP contribution in [0.4, 0.5) is 8.78 Å². The molecule has 0 bridgehead atoms. The number of carboxylic acid groups (broad SMARTS) is 1. The van der Waals surface area contributed by atoms with Crippen LogP contribution in [0.5, 0.6) is 11.5 Å². The molecule has 2 rings (SSSR count). The van der Waals surface area contributed by atoms with Crippen molar-refractivity contribution in [3.05, 3.63) is 23.3 Å². The number of methoxy groups -OCH3 is 2. The number of hydrogen-bond donors (Lipinski definition) is 1. The molecule has 1 aromatic carbocycles. The maximum Gasteiger partial charge on any atom is 0.314 e. The summed E-state index contributed by atoms with van der Waals surface area (Å²) in [4.78, 5) is 11.9. The van der Waals surface area contributed by atoms with Crippen LogP contribution in [-0.4, -0.2) is 25.3 Å². The zero-order chi connectivity index (χ0) is 16.3. The molecule has 0 aromatic heterocycles. The molecule has 0 aliphatic heterocycles. The average Bonchev–Trinajstić information content (AvgIpc) is 2.53. The van der Waals surface area contributed by atoms with E-state index in [9.17, 15) is 18.7 Å². The van der Waals surface area contributed by atoms with Gasteiger partial charge in [-0.2, -0.15) is 0 Å². The van der Waals surface area contributed by atoms with Crippen LogP contribution >= 0.6 is 0 Å². The fourth-order valence-corrected chi connectivity index (χ4v) is 3.22. The first-order valence-corrected chi connectivity index (χ1v) is 7.24. The molecule has 0 spiro atoms. The SMILES string of the molecule is COc1cc(C(F)F)cc(C2(C(=O)O)CCCCC2)c1OC. The predicted octanol–water partition coefficient (Wildman–Crippen LogP) is 3.93. The van der Waals surface area contributed by atoms with Gasteiger partial charge in [-0.05, 0) is 25.0 Å². The molecule has 1 fully saturated rings. The van der Waals surface area contributed by atoms with Gasteiger partial charge in [-0.15, -0.1) is 0 Å². The summed E-state index contributed by atoms with van der Waals surface area (Å²) in [5.41, 5.74) is -1.16. The molecule has 1 aliphatic carbocycles. The number of rotatable bonds is 5. The lowest BCUT2D eigenvalue weighted by Crippen LogP contribution is -2.38. The van der Waals surface area contributed by atoms with Crippen LogP contribution in [0.2, 0.25) is 0 Å². The molecular weight excluding hydrogens is 294 g/mol. The van der Waals surface area contributed by atoms with Crippen molar-refractivity contribution in [1.29, 1.82) is 0 Å². The third-order valence-electron chi connectivity index (χ3n) is 4.39. The molecule has 0 heterocycles. The molecule has 1 aliphatic rings. The largest absolute Gasteiger partial charge is 0.493 e. The quantitative estimate of drug-likeness (QED) is 0.894. The molecule has 0 unspecified atom stereocenters. The molecular formula is C16H20F2O4. The highest BCUT2D eigenvalue weighted by molar-refractivity contribution is 5.83. The second kappa shape index (κ2) is 6.50. The second-order valence-electron chi connectivity index (χ2n) is 5.55. The zero-order valence-electron chi connectivity index (χ0n) is 12.7. The lowest BCUT2D eigenvalue weighted by Gasteiger charge is -2.35. The van der Waals surface area contributed by atoms with Crippen LogP contribution in [0.1, 0.15) is 49.7 Å². The lowest BCUT2D eigenvalue weighted by molar-refractivity contribution is -0.145. The Labute approximate surface area is 128 Å². The number of aliphatic carboxylic acids is 1. The van der Waals surface area contributed by atoms with Crippen molar-refractivity contribution in [1.82, 2.24) is 0 Å². The summed E-state index contributed by atoms with van der Waals surface area (Å²) >= 11 is 0. The van der Waals surface area contributed by atoms with E-state index in [1.165, 1.54) is 26.4 Å². The Hall–Kier alpha value is -1.85. The van der Waals surface area contributed by atoms with E-state index in [-0.39, 0.29) is 22.6 Å². The molecule has 0 saturated heterocycles. The van der Waals surface area contributed by atoms with E-state index in [0.29, 0.717) is 12.8 Å². The fraction of sp³-hybridized carbons (Fsp3) is 0.562. The maximum absolute atomic E-state index is 13.1. The molecule has 1 aromatic rings. The van der Waals surface area contributed by atoms with Gasteiger partial charge in [-0.25, -0.2) is 8.78 Å². The monoisotopic (exact) mass is 314 g/mol. The molecule has 0 radical (unpaired) electrons. The number of hydrogen-bond acceptors (Lipinski definition) is 3. The van der Waals surface area contributed by atoms with Gasteiger partial charge in [0.25, 0.3) is 6.43 Å². The van der Waals surface area contributed by atoms with Gasteiger partial charge in [0, 0.05) is 11.1 Å². The minimum atomic E-state index is -2.70. The van der Waals surface area contributed by atoms with Crippen molar-refractivity contribution >= 4 is 5.97 Å². The number of carboxylic acids is 1. The van der Waals surface area contributed by atoms with Crippen molar-refractivity contribution in [3.63, 3.8) is 0 Å². The van der Waals surface area contributed by atoms with Crippen molar-refractivity contribution in [2.45, 2.75) is 43.9 Å². The van der Waals surface area contributed by atoms with E-state index in [1.54, 1.807) is 0 Å². The topological polar surface area (TPSA) is 55.8 Å². The maximum atomic E-state index is 13.1. The van der Waals surface area contributed by atoms with E-state index in [1.807, 2.05) is 0 Å². The van der Waals surface area contributed by atoms with Crippen molar-refractivity contribution in [2.24, 2.45) is 0 Å². The summed E-state index contributed by atoms with van der Waals surface area (Å²) in [5.74, 6) is -0.628. The summed E-state index contributed by atoms with van der Waals surface area (Å²) < 4.78 is 36.7. The number of benzene rings is 1. The summed E-state index contributed by atoms with van der Waals surface area (Å²) in [6, 6.07) is 2.46. The van der Waals surface area contributed by atoms with Gasteiger partial charge < -0.3 is 14.6 Å². The standard InChI is InChI=1S/C16H20F2O4/c1-21-12-9-10(14(17)18)8-11(13(12)22-2)16(15(19)20)6-4-3-5-7-16/h8-9,14H,3-7H2,1-2H3,(H,19,20). The van der Waals surface area contributed by atoms with Gasteiger partial charge >= 0.3 is 5.97 Å². The molecule has 4 nitrogen and oxygen atoms in total. The first-order chi connectivity index (χ1) is 10.5. The summed E-state index contributed by atoms with van der Waals surface area (Å²) in [5, 5.41) is 9.77. The van der Waals surface area contributed by atoms with Gasteiger partial charge in [-0.3, -0.25) is 4.79 Å². The summed E-state index contributed by atoms with van der Waals surface area (Å²) in [6.45, 7) is 0. The van der Waals surface area contributed by atoms with Crippen LogP contribution < -0.4 is 9.47 Å². The predicted molar refractivity (Wildman–Crippen MR) is 76.9 cm³/mol. The molecule has 1 saturated carbocycles. The molecule has 1 N–H and O–H groups in total. The fourth-order valence-electron chi connectivity index (χ4n) is 3.22. The van der Waals surface area contributed by atoms with E-state index < -0.39 is 17.8 Å². The van der Waals surface area contributed by atoms with Crippen molar-refractivity contribution in [2.75, 3.05) is 14.2 Å². The minimum Gasteiger partial charge on any atom is -0.493 e. The number of ether oxygens (including phenoxy) is 2. The van der Waals surface area contributed by atoms with Crippen LogP contribution in [0.15, 0.2) is 12.1 Å². The first-order valence-electron chi connectivity index (χ1n) is 7.24. The van der Waals surface area contributed by atoms with Crippen LogP contribution in [0.3, 0.4) is 0 Å². The van der Waals surface area contributed by atoms with Crippen LogP contribution in [-0.2, 0) is 10.2 Å². The smallest absolute Gasteiger partial charge is 0.314 e. The molecule has 0 amide bonds. The average molecular weight is 314 g/mol. The van der Waals surface area contributed by atoms with Crippen LogP contribution in [0, 0.1) is 0 Å². The highest BCUT2D eigenvalue weighted by Gasteiger charge is 2.44. The van der Waals surface area contributed by atoms with Gasteiger partial charge in [0.1, 0.15) is 0 Å². The zero-order valence-corrected chi connectivity index (χ0v) is 12.7. The van der Waals surface area contributed by atoms with Gasteiger partial charge in [0.15, 0.2) is 11.5 Å².